The largest absolute Gasteiger partial charge is 0.382 e. The predicted molar refractivity (Wildman–Crippen MR) is 105 cm³/mol. The molecule has 0 N–H and O–H groups in total. The Bertz CT molecular complexity index is 1070. The maximum absolute atomic E-state index is 13.2. The fraction of sp³-hybridized carbons (Fsp3) is 0.200. The molecule has 5 nitrogen and oxygen atoms in total. The topological polar surface area (TPSA) is 45.5 Å². The lowest BCUT2D eigenvalue weighted by Crippen LogP contribution is -2.13. The molecule has 27 heavy (non-hydrogen) atoms. The molecule has 0 aliphatic rings. The van der Waals surface area contributed by atoms with E-state index in [1.165, 1.54) is 16.1 Å². The van der Waals surface area contributed by atoms with Gasteiger partial charge in [-0.15, -0.1) is 0 Å². The molecule has 0 atom stereocenters. The summed E-state index contributed by atoms with van der Waals surface area (Å²) < 4.78 is 40.6. The second-order valence-electron chi connectivity index (χ2n) is 6.60. The first kappa shape index (κ1) is 19.0. The first-order valence-electron chi connectivity index (χ1n) is 8.44. The summed E-state index contributed by atoms with van der Waals surface area (Å²) in [4.78, 5) is 3.96. The highest BCUT2D eigenvalue weighted by Gasteiger charge is 2.21. The van der Waals surface area contributed by atoms with Crippen molar-refractivity contribution in [2.75, 3.05) is 21.1 Å². The van der Waals surface area contributed by atoms with Crippen LogP contribution >= 0.6 is 0 Å². The SMILES string of the molecule is CN(C)/C=C/N(C)Cc1cn(S(=O)(=O)c2ccc(F)cc2)c2ccccc12. The second kappa shape index (κ2) is 7.44. The van der Waals surface area contributed by atoms with Crippen molar-refractivity contribution in [3.05, 3.63) is 78.5 Å². The molecule has 0 unspecified atom stereocenters. The van der Waals surface area contributed by atoms with E-state index in [1.54, 1.807) is 18.3 Å². The van der Waals surface area contributed by atoms with Crippen molar-refractivity contribution in [3.8, 4) is 0 Å². The molecule has 3 aromatic rings. The van der Waals surface area contributed by atoms with Crippen LogP contribution < -0.4 is 0 Å². The number of rotatable bonds is 6. The van der Waals surface area contributed by atoms with E-state index in [4.69, 9.17) is 0 Å². The summed E-state index contributed by atoms with van der Waals surface area (Å²) in [6, 6.07) is 12.2. The Balaban J connectivity index is 2.06. The van der Waals surface area contributed by atoms with E-state index in [2.05, 4.69) is 0 Å². The Morgan fingerprint density at radius 3 is 2.33 bits per heavy atom. The maximum atomic E-state index is 13.2. The molecule has 2 aromatic carbocycles. The van der Waals surface area contributed by atoms with Crippen molar-refractivity contribution in [1.82, 2.24) is 13.8 Å². The van der Waals surface area contributed by atoms with E-state index in [-0.39, 0.29) is 4.90 Å². The maximum Gasteiger partial charge on any atom is 0.268 e. The Hall–Kier alpha value is -2.80. The summed E-state index contributed by atoms with van der Waals surface area (Å²) >= 11 is 0. The first-order chi connectivity index (χ1) is 12.8. The first-order valence-corrected chi connectivity index (χ1v) is 9.88. The zero-order valence-corrected chi connectivity index (χ0v) is 16.3. The molecular weight excluding hydrogens is 365 g/mol. The van der Waals surface area contributed by atoms with Crippen molar-refractivity contribution in [2.24, 2.45) is 0 Å². The molecule has 1 heterocycles. The molecule has 0 bridgehead atoms. The van der Waals surface area contributed by atoms with Gasteiger partial charge >= 0.3 is 0 Å². The van der Waals surface area contributed by atoms with Crippen LogP contribution in [0.2, 0.25) is 0 Å². The van der Waals surface area contributed by atoms with Gasteiger partial charge in [0.25, 0.3) is 10.0 Å². The molecule has 0 radical (unpaired) electrons. The van der Waals surface area contributed by atoms with Gasteiger partial charge in [-0.1, -0.05) is 18.2 Å². The number of para-hydroxylation sites is 1. The third-order valence-electron chi connectivity index (χ3n) is 4.17. The summed E-state index contributed by atoms with van der Waals surface area (Å²) in [5, 5.41) is 0.869. The van der Waals surface area contributed by atoms with Crippen LogP contribution in [-0.2, 0) is 16.6 Å². The highest BCUT2D eigenvalue weighted by atomic mass is 32.2. The average molecular weight is 387 g/mol. The Morgan fingerprint density at radius 1 is 1.00 bits per heavy atom. The van der Waals surface area contributed by atoms with Crippen molar-refractivity contribution >= 4 is 20.9 Å². The van der Waals surface area contributed by atoms with E-state index in [1.807, 2.05) is 55.5 Å². The normalized spacial score (nSPS) is 12.0. The van der Waals surface area contributed by atoms with Crippen LogP contribution in [0.15, 0.2) is 72.0 Å². The quantitative estimate of drug-likeness (QED) is 0.650. The van der Waals surface area contributed by atoms with Crippen LogP contribution in [0, 0.1) is 5.82 Å². The van der Waals surface area contributed by atoms with Gasteiger partial charge in [0.1, 0.15) is 5.82 Å². The number of hydrogen-bond acceptors (Lipinski definition) is 4. The van der Waals surface area contributed by atoms with E-state index in [9.17, 15) is 12.8 Å². The van der Waals surface area contributed by atoms with E-state index >= 15 is 0 Å². The molecule has 7 heteroatoms. The molecule has 0 amide bonds. The standard InChI is InChI=1S/C20H22FN3O2S/c1-22(2)12-13-23(3)14-16-15-24(20-7-5-4-6-19(16)20)27(25,26)18-10-8-17(21)9-11-18/h4-13,15H,14H2,1-3H3/b13-12+. The number of fused-ring (bicyclic) bond motifs is 1. The number of nitrogens with zero attached hydrogens (tertiary/aromatic N) is 3. The molecule has 0 fully saturated rings. The summed E-state index contributed by atoms with van der Waals surface area (Å²) in [7, 11) is 1.99. The van der Waals surface area contributed by atoms with Crippen LogP contribution in [0.5, 0.6) is 0 Å². The van der Waals surface area contributed by atoms with Crippen LogP contribution in [0.1, 0.15) is 5.56 Å². The minimum atomic E-state index is -3.82. The lowest BCUT2D eigenvalue weighted by molar-refractivity contribution is 0.436. The van der Waals surface area contributed by atoms with E-state index < -0.39 is 15.8 Å². The fourth-order valence-corrected chi connectivity index (χ4v) is 4.22. The molecular formula is C20H22FN3O2S. The highest BCUT2D eigenvalue weighted by molar-refractivity contribution is 7.90. The lowest BCUT2D eigenvalue weighted by atomic mass is 10.2. The van der Waals surface area contributed by atoms with Crippen LogP contribution in [0.4, 0.5) is 4.39 Å². The van der Waals surface area contributed by atoms with Crippen molar-refractivity contribution in [3.63, 3.8) is 0 Å². The molecule has 0 aliphatic heterocycles. The third kappa shape index (κ3) is 3.98. The molecule has 0 aliphatic carbocycles. The molecule has 0 spiro atoms. The van der Waals surface area contributed by atoms with Gasteiger partial charge < -0.3 is 9.80 Å². The summed E-state index contributed by atoms with van der Waals surface area (Å²) in [6.45, 7) is 0.552. The molecule has 0 saturated carbocycles. The van der Waals surface area contributed by atoms with Gasteiger partial charge in [0.15, 0.2) is 0 Å². The minimum absolute atomic E-state index is 0.0528. The summed E-state index contributed by atoms with van der Waals surface area (Å²) in [6.07, 6.45) is 5.50. The molecule has 1 aromatic heterocycles. The molecule has 142 valence electrons. The Labute approximate surface area is 159 Å². The summed E-state index contributed by atoms with van der Waals surface area (Å²) in [5.74, 6) is -0.471. The fourth-order valence-electron chi connectivity index (χ4n) is 2.83. The second-order valence-corrected chi connectivity index (χ2v) is 8.42. The van der Waals surface area contributed by atoms with Gasteiger partial charge in [-0.3, -0.25) is 0 Å². The number of halogens is 1. The number of benzene rings is 2. The monoisotopic (exact) mass is 387 g/mol. The minimum Gasteiger partial charge on any atom is -0.382 e. The predicted octanol–water partition coefficient (Wildman–Crippen LogP) is 3.48. The molecule has 0 saturated heterocycles. The van der Waals surface area contributed by atoms with E-state index in [0.29, 0.717) is 12.1 Å². The van der Waals surface area contributed by atoms with Gasteiger partial charge in [-0.25, -0.2) is 16.8 Å². The average Bonchev–Trinajstić information content (AvgIpc) is 3.00. The zero-order valence-electron chi connectivity index (χ0n) is 15.5. The van der Waals surface area contributed by atoms with Crippen molar-refractivity contribution in [1.29, 1.82) is 0 Å². The van der Waals surface area contributed by atoms with Crippen LogP contribution in [0.3, 0.4) is 0 Å². The summed E-state index contributed by atoms with van der Waals surface area (Å²) in [5.41, 5.74) is 1.49. The lowest BCUT2D eigenvalue weighted by Gasteiger charge is -2.14. The van der Waals surface area contributed by atoms with Gasteiger partial charge in [0, 0.05) is 51.7 Å². The van der Waals surface area contributed by atoms with Gasteiger partial charge in [-0.2, -0.15) is 0 Å². The van der Waals surface area contributed by atoms with Crippen molar-refractivity contribution in [2.45, 2.75) is 11.4 Å². The van der Waals surface area contributed by atoms with Crippen LogP contribution in [-0.4, -0.2) is 43.3 Å². The van der Waals surface area contributed by atoms with Gasteiger partial charge in [0.05, 0.1) is 10.4 Å². The van der Waals surface area contributed by atoms with Gasteiger partial charge in [-0.05, 0) is 35.9 Å². The zero-order chi connectivity index (χ0) is 19.6. The smallest absolute Gasteiger partial charge is 0.268 e. The number of aromatic nitrogens is 1. The Kier molecular flexibility index (Phi) is 5.23. The Morgan fingerprint density at radius 2 is 1.67 bits per heavy atom. The van der Waals surface area contributed by atoms with Gasteiger partial charge in [0.2, 0.25) is 0 Å². The number of hydrogen-bond donors (Lipinski definition) is 0. The van der Waals surface area contributed by atoms with Crippen molar-refractivity contribution < 1.29 is 12.8 Å². The van der Waals surface area contributed by atoms with E-state index in [0.717, 1.165) is 23.1 Å². The molecule has 3 rings (SSSR count). The highest BCUT2D eigenvalue weighted by Crippen LogP contribution is 2.27. The van der Waals surface area contributed by atoms with Crippen LogP contribution in [0.25, 0.3) is 10.9 Å². The third-order valence-corrected chi connectivity index (χ3v) is 5.86.